The van der Waals surface area contributed by atoms with Gasteiger partial charge < -0.3 is 14.4 Å². The average molecular weight is 372 g/mol. The highest BCUT2D eigenvalue weighted by molar-refractivity contribution is 8.00. The second-order valence-corrected chi connectivity index (χ2v) is 7.62. The van der Waals surface area contributed by atoms with Gasteiger partial charge in [-0.2, -0.15) is 0 Å². The summed E-state index contributed by atoms with van der Waals surface area (Å²) in [6.07, 6.45) is 0.843. The Balaban J connectivity index is 1.68. The summed E-state index contributed by atoms with van der Waals surface area (Å²) in [6, 6.07) is 10.4. The average Bonchev–Trinajstić information content (AvgIpc) is 2.66. The molecule has 138 valence electrons. The second-order valence-electron chi connectivity index (χ2n) is 6.60. The van der Waals surface area contributed by atoms with Crippen LogP contribution in [0.2, 0.25) is 0 Å². The van der Waals surface area contributed by atoms with Gasteiger partial charge in [0.25, 0.3) is 0 Å². The summed E-state index contributed by atoms with van der Waals surface area (Å²) in [4.78, 5) is 15.8. The zero-order chi connectivity index (χ0) is 18.7. The van der Waals surface area contributed by atoms with Crippen molar-refractivity contribution in [2.24, 2.45) is 0 Å². The van der Waals surface area contributed by atoms with Gasteiger partial charge in [0, 0.05) is 18.0 Å². The van der Waals surface area contributed by atoms with E-state index in [9.17, 15) is 4.79 Å². The largest absolute Gasteiger partial charge is 0.493 e. The van der Waals surface area contributed by atoms with Crippen LogP contribution in [-0.4, -0.2) is 37.3 Å². The number of ether oxygens (including phenoxy) is 2. The zero-order valence-corrected chi connectivity index (χ0v) is 16.6. The van der Waals surface area contributed by atoms with Gasteiger partial charge in [0.1, 0.15) is 0 Å². The van der Waals surface area contributed by atoms with Crippen LogP contribution >= 0.6 is 11.8 Å². The number of benzene rings is 2. The molecule has 0 bridgehead atoms. The number of carbonyl (C=O) groups is 1. The summed E-state index contributed by atoms with van der Waals surface area (Å²) < 4.78 is 10.8. The van der Waals surface area contributed by atoms with Crippen LogP contribution in [0.3, 0.4) is 0 Å². The number of methoxy groups -OCH3 is 2. The SMILES string of the molecule is COc1cc2c(cc1OC)CN(C(=O)CSc1cc(C)ccc1C)CC2. The quantitative estimate of drug-likeness (QED) is 0.745. The van der Waals surface area contributed by atoms with E-state index in [0.717, 1.165) is 24.3 Å². The third-order valence-corrected chi connectivity index (χ3v) is 5.91. The number of nitrogens with zero attached hydrogens (tertiary/aromatic N) is 1. The molecule has 0 spiro atoms. The number of hydrogen-bond acceptors (Lipinski definition) is 4. The van der Waals surface area contributed by atoms with Gasteiger partial charge in [-0.15, -0.1) is 11.8 Å². The molecule has 0 unspecified atom stereocenters. The number of thioether (sulfide) groups is 1. The molecule has 0 atom stereocenters. The Morgan fingerprint density at radius 2 is 1.77 bits per heavy atom. The first-order chi connectivity index (χ1) is 12.5. The third-order valence-electron chi connectivity index (χ3n) is 4.77. The predicted molar refractivity (Wildman–Crippen MR) is 105 cm³/mol. The van der Waals surface area contributed by atoms with Crippen LogP contribution in [0, 0.1) is 13.8 Å². The van der Waals surface area contributed by atoms with Crippen molar-refractivity contribution in [1.82, 2.24) is 4.90 Å². The smallest absolute Gasteiger partial charge is 0.233 e. The van der Waals surface area contributed by atoms with Gasteiger partial charge in [-0.05, 0) is 55.2 Å². The fraction of sp³-hybridized carbons (Fsp3) is 0.381. The van der Waals surface area contributed by atoms with Crippen molar-refractivity contribution in [3.63, 3.8) is 0 Å². The van der Waals surface area contributed by atoms with Crippen LogP contribution in [0.4, 0.5) is 0 Å². The number of carbonyl (C=O) groups excluding carboxylic acids is 1. The van der Waals surface area contributed by atoms with Crippen LogP contribution in [0.1, 0.15) is 22.3 Å². The Bertz CT molecular complexity index is 819. The van der Waals surface area contributed by atoms with E-state index < -0.39 is 0 Å². The lowest BCUT2D eigenvalue weighted by Crippen LogP contribution is -2.37. The first kappa shape index (κ1) is 18.6. The topological polar surface area (TPSA) is 38.8 Å². The van der Waals surface area contributed by atoms with E-state index in [-0.39, 0.29) is 5.91 Å². The molecular weight excluding hydrogens is 346 g/mol. The van der Waals surface area contributed by atoms with Gasteiger partial charge in [-0.1, -0.05) is 17.7 Å². The third kappa shape index (κ3) is 3.98. The van der Waals surface area contributed by atoms with Crippen molar-refractivity contribution in [1.29, 1.82) is 0 Å². The van der Waals surface area contributed by atoms with Gasteiger partial charge in [-0.3, -0.25) is 4.79 Å². The second kappa shape index (κ2) is 8.04. The highest BCUT2D eigenvalue weighted by Crippen LogP contribution is 2.33. The van der Waals surface area contributed by atoms with E-state index in [1.54, 1.807) is 26.0 Å². The van der Waals surface area contributed by atoms with Crippen LogP contribution < -0.4 is 9.47 Å². The van der Waals surface area contributed by atoms with Crippen LogP contribution in [-0.2, 0) is 17.8 Å². The molecule has 1 aliphatic heterocycles. The number of aryl methyl sites for hydroxylation is 2. The molecule has 1 amide bonds. The predicted octanol–water partition coefficient (Wildman–Crippen LogP) is 4.00. The van der Waals surface area contributed by atoms with E-state index >= 15 is 0 Å². The van der Waals surface area contributed by atoms with E-state index in [4.69, 9.17) is 9.47 Å². The summed E-state index contributed by atoms with van der Waals surface area (Å²) in [7, 11) is 3.28. The molecule has 1 heterocycles. The molecule has 1 aliphatic rings. The standard InChI is InChI=1S/C21H25NO3S/c1-14-5-6-15(2)20(9-14)26-13-21(23)22-8-7-16-10-18(24-3)19(25-4)11-17(16)12-22/h5-6,9-11H,7-8,12-13H2,1-4H3. The monoisotopic (exact) mass is 371 g/mol. The molecule has 26 heavy (non-hydrogen) atoms. The summed E-state index contributed by atoms with van der Waals surface area (Å²) in [5.74, 6) is 2.10. The summed E-state index contributed by atoms with van der Waals surface area (Å²) >= 11 is 1.62. The van der Waals surface area contributed by atoms with Gasteiger partial charge in [-0.25, -0.2) is 0 Å². The Labute approximate surface area is 159 Å². The molecule has 2 aromatic rings. The maximum atomic E-state index is 12.7. The Hall–Kier alpha value is -2.14. The molecule has 0 aromatic heterocycles. The Morgan fingerprint density at radius 1 is 1.08 bits per heavy atom. The number of amides is 1. The minimum atomic E-state index is 0.177. The molecule has 0 radical (unpaired) electrons. The van der Waals surface area contributed by atoms with Crippen molar-refractivity contribution < 1.29 is 14.3 Å². The van der Waals surface area contributed by atoms with Gasteiger partial charge in [0.05, 0.1) is 20.0 Å². The van der Waals surface area contributed by atoms with E-state index in [1.165, 1.54) is 21.6 Å². The summed E-state index contributed by atoms with van der Waals surface area (Å²) in [5.41, 5.74) is 4.81. The van der Waals surface area contributed by atoms with Gasteiger partial charge in [0.2, 0.25) is 5.91 Å². The fourth-order valence-electron chi connectivity index (χ4n) is 3.19. The zero-order valence-electron chi connectivity index (χ0n) is 15.8. The van der Waals surface area contributed by atoms with Crippen LogP contribution in [0.5, 0.6) is 11.5 Å². The normalized spacial score (nSPS) is 13.3. The van der Waals surface area contributed by atoms with E-state index in [2.05, 4.69) is 32.0 Å². The highest BCUT2D eigenvalue weighted by Gasteiger charge is 2.23. The molecule has 0 aliphatic carbocycles. The minimum absolute atomic E-state index is 0.177. The minimum Gasteiger partial charge on any atom is -0.493 e. The molecule has 0 saturated carbocycles. The lowest BCUT2D eigenvalue weighted by atomic mass is 9.99. The van der Waals surface area contributed by atoms with Crippen molar-refractivity contribution in [2.45, 2.75) is 31.7 Å². The molecule has 4 nitrogen and oxygen atoms in total. The molecule has 5 heteroatoms. The van der Waals surface area contributed by atoms with Crippen molar-refractivity contribution in [2.75, 3.05) is 26.5 Å². The van der Waals surface area contributed by atoms with E-state index in [1.807, 2.05) is 17.0 Å². The van der Waals surface area contributed by atoms with Gasteiger partial charge >= 0.3 is 0 Å². The maximum Gasteiger partial charge on any atom is 0.233 e. The van der Waals surface area contributed by atoms with Crippen LogP contribution in [0.25, 0.3) is 0 Å². The first-order valence-corrected chi connectivity index (χ1v) is 9.72. The Kier molecular flexibility index (Phi) is 5.77. The van der Waals surface area contributed by atoms with Crippen molar-refractivity contribution >= 4 is 17.7 Å². The Morgan fingerprint density at radius 3 is 2.46 bits per heavy atom. The molecule has 2 aromatic carbocycles. The number of hydrogen-bond donors (Lipinski definition) is 0. The summed E-state index contributed by atoms with van der Waals surface area (Å²) in [5, 5.41) is 0. The first-order valence-electron chi connectivity index (χ1n) is 8.73. The van der Waals surface area contributed by atoms with Crippen molar-refractivity contribution in [3.05, 3.63) is 52.6 Å². The molecule has 0 saturated heterocycles. The van der Waals surface area contributed by atoms with E-state index in [0.29, 0.717) is 18.0 Å². The highest BCUT2D eigenvalue weighted by atomic mass is 32.2. The van der Waals surface area contributed by atoms with Gasteiger partial charge in [0.15, 0.2) is 11.5 Å². The fourth-order valence-corrected chi connectivity index (χ4v) is 4.22. The number of rotatable bonds is 5. The van der Waals surface area contributed by atoms with Crippen molar-refractivity contribution in [3.8, 4) is 11.5 Å². The molecule has 3 rings (SSSR count). The summed E-state index contributed by atoms with van der Waals surface area (Å²) in [6.45, 7) is 5.54. The lowest BCUT2D eigenvalue weighted by Gasteiger charge is -2.29. The number of fused-ring (bicyclic) bond motifs is 1. The van der Waals surface area contributed by atoms with Crippen LogP contribution in [0.15, 0.2) is 35.2 Å². The molecule has 0 fully saturated rings. The molecule has 0 N–H and O–H groups in total. The maximum absolute atomic E-state index is 12.7. The lowest BCUT2D eigenvalue weighted by molar-refractivity contribution is -0.129. The molecular formula is C21H25NO3S.